The van der Waals surface area contributed by atoms with Crippen LogP contribution in [-0.4, -0.2) is 29.7 Å². The fourth-order valence-electron chi connectivity index (χ4n) is 2.70. The zero-order valence-corrected chi connectivity index (χ0v) is 14.6. The smallest absolute Gasteiger partial charge is 0.414 e. The third kappa shape index (κ3) is 3.55. The maximum atomic E-state index is 12.5. The summed E-state index contributed by atoms with van der Waals surface area (Å²) in [4.78, 5) is 37.4. The van der Waals surface area contributed by atoms with E-state index in [4.69, 9.17) is 9.26 Å². The molecule has 2 aromatic rings. The molecule has 0 unspecified atom stereocenters. The molecule has 0 bridgehead atoms. The van der Waals surface area contributed by atoms with Crippen LogP contribution < -0.4 is 10.6 Å². The van der Waals surface area contributed by atoms with Crippen LogP contribution in [0.3, 0.4) is 0 Å². The summed E-state index contributed by atoms with van der Waals surface area (Å²) < 4.78 is 9.64. The van der Waals surface area contributed by atoms with Crippen molar-refractivity contribution in [3.05, 3.63) is 33.5 Å². The van der Waals surface area contributed by atoms with Crippen LogP contribution in [0, 0.1) is 6.92 Å². The van der Waals surface area contributed by atoms with Gasteiger partial charge in [0.2, 0.25) is 0 Å². The second kappa shape index (κ2) is 7.06. The molecule has 2 heterocycles. The maximum Gasteiger partial charge on any atom is 0.414 e. The Balaban J connectivity index is 1.85. The zero-order valence-electron chi connectivity index (χ0n) is 13.8. The molecule has 0 aromatic carbocycles. The molecule has 2 aromatic heterocycles. The Morgan fingerprint density at radius 1 is 1.32 bits per heavy atom. The summed E-state index contributed by atoms with van der Waals surface area (Å²) in [6.45, 7) is 3.50. The van der Waals surface area contributed by atoms with E-state index < -0.39 is 17.9 Å². The molecule has 132 valence electrons. The minimum absolute atomic E-state index is 0.128. The van der Waals surface area contributed by atoms with Crippen molar-refractivity contribution in [2.45, 2.75) is 33.1 Å². The fourth-order valence-corrected chi connectivity index (χ4v) is 3.98. The second-order valence-corrected chi connectivity index (χ2v) is 6.62. The Hall–Kier alpha value is -2.68. The van der Waals surface area contributed by atoms with Crippen molar-refractivity contribution in [3.8, 4) is 0 Å². The lowest BCUT2D eigenvalue weighted by Crippen LogP contribution is -2.32. The molecule has 3 rings (SSSR count). The van der Waals surface area contributed by atoms with Crippen molar-refractivity contribution in [2.24, 2.45) is 0 Å². The summed E-state index contributed by atoms with van der Waals surface area (Å²) in [5, 5.41) is 8.96. The number of carbonyl (C=O) groups excluding carboxylic acids is 3. The molecular formula is C16H17N3O5S. The van der Waals surface area contributed by atoms with Crippen LogP contribution in [0.25, 0.3) is 0 Å². The molecular weight excluding hydrogens is 346 g/mol. The first-order chi connectivity index (χ1) is 12.0. The average molecular weight is 363 g/mol. The first kappa shape index (κ1) is 17.2. The van der Waals surface area contributed by atoms with Crippen molar-refractivity contribution in [3.63, 3.8) is 0 Å². The van der Waals surface area contributed by atoms with Crippen LogP contribution in [-0.2, 0) is 17.6 Å². The largest absolute Gasteiger partial charge is 0.450 e. The molecule has 0 saturated carbocycles. The molecule has 0 saturated heterocycles. The predicted molar refractivity (Wildman–Crippen MR) is 90.0 cm³/mol. The van der Waals surface area contributed by atoms with Gasteiger partial charge in [0.1, 0.15) is 10.8 Å². The van der Waals surface area contributed by atoms with Gasteiger partial charge in [-0.25, -0.2) is 4.79 Å². The van der Waals surface area contributed by atoms with E-state index in [0.29, 0.717) is 16.3 Å². The number of imide groups is 1. The highest BCUT2D eigenvalue weighted by molar-refractivity contribution is 7.17. The van der Waals surface area contributed by atoms with E-state index in [9.17, 15) is 14.4 Å². The molecule has 25 heavy (non-hydrogen) atoms. The lowest BCUT2D eigenvalue weighted by Gasteiger charge is -2.08. The van der Waals surface area contributed by atoms with Crippen molar-refractivity contribution >= 4 is 34.2 Å². The monoisotopic (exact) mass is 363 g/mol. The Morgan fingerprint density at radius 3 is 2.80 bits per heavy atom. The fraction of sp³-hybridized carbons (Fsp3) is 0.375. The summed E-state index contributed by atoms with van der Waals surface area (Å²) in [5.41, 5.74) is 1.32. The number of aromatic nitrogens is 1. The standard InChI is InChI=1S/C16H17N3O5S/c1-3-23-16(22)18-14(21)12-9-5-4-6-11(9)25-15(12)17-13(20)10-7-8(2)24-19-10/h7H,3-6H2,1-2H3,(H,17,20)(H,18,21,22). The SMILES string of the molecule is CCOC(=O)NC(=O)c1c(NC(=O)c2cc(C)on2)sc2c1CCC2. The Morgan fingerprint density at radius 2 is 2.12 bits per heavy atom. The van der Waals surface area contributed by atoms with Gasteiger partial charge < -0.3 is 14.6 Å². The van der Waals surface area contributed by atoms with Gasteiger partial charge in [-0.2, -0.15) is 0 Å². The summed E-state index contributed by atoms with van der Waals surface area (Å²) in [7, 11) is 0. The van der Waals surface area contributed by atoms with Crippen LogP contribution in [0.1, 0.15) is 50.4 Å². The second-order valence-electron chi connectivity index (χ2n) is 5.51. The maximum absolute atomic E-state index is 12.5. The van der Waals surface area contributed by atoms with E-state index in [2.05, 4.69) is 15.8 Å². The summed E-state index contributed by atoms with van der Waals surface area (Å²) in [6.07, 6.45) is 1.71. The number of hydrogen-bond acceptors (Lipinski definition) is 7. The number of anilines is 1. The molecule has 0 radical (unpaired) electrons. The molecule has 8 nitrogen and oxygen atoms in total. The highest BCUT2D eigenvalue weighted by Gasteiger charge is 2.29. The van der Waals surface area contributed by atoms with Crippen LogP contribution in [0.2, 0.25) is 0 Å². The normalized spacial score (nSPS) is 12.6. The Bertz CT molecular complexity index is 839. The number of nitrogens with one attached hydrogen (secondary N) is 2. The quantitative estimate of drug-likeness (QED) is 0.864. The highest BCUT2D eigenvalue weighted by Crippen LogP contribution is 2.39. The summed E-state index contributed by atoms with van der Waals surface area (Å²) in [6, 6.07) is 1.51. The Labute approximate surface area is 147 Å². The van der Waals surface area contributed by atoms with E-state index in [1.165, 1.54) is 17.4 Å². The molecule has 0 fully saturated rings. The highest BCUT2D eigenvalue weighted by atomic mass is 32.1. The lowest BCUT2D eigenvalue weighted by atomic mass is 10.1. The van der Waals surface area contributed by atoms with Gasteiger partial charge in [-0.1, -0.05) is 5.16 Å². The first-order valence-corrected chi connectivity index (χ1v) is 8.68. The molecule has 2 N–H and O–H groups in total. The van der Waals surface area contributed by atoms with E-state index in [0.717, 1.165) is 29.7 Å². The van der Waals surface area contributed by atoms with Gasteiger partial charge in [0.05, 0.1) is 12.2 Å². The van der Waals surface area contributed by atoms with Crippen LogP contribution in [0.15, 0.2) is 10.6 Å². The van der Waals surface area contributed by atoms with Crippen molar-refractivity contribution in [1.29, 1.82) is 0 Å². The van der Waals surface area contributed by atoms with Gasteiger partial charge in [-0.3, -0.25) is 14.9 Å². The summed E-state index contributed by atoms with van der Waals surface area (Å²) >= 11 is 1.34. The van der Waals surface area contributed by atoms with Gasteiger partial charge in [0, 0.05) is 10.9 Å². The van der Waals surface area contributed by atoms with Crippen LogP contribution in [0.4, 0.5) is 9.80 Å². The number of nitrogens with zero attached hydrogens (tertiary/aromatic N) is 1. The van der Waals surface area contributed by atoms with Crippen LogP contribution in [0.5, 0.6) is 0 Å². The molecule has 0 aliphatic heterocycles. The predicted octanol–water partition coefficient (Wildman–Crippen LogP) is 2.67. The van der Waals surface area contributed by atoms with Crippen LogP contribution >= 0.6 is 11.3 Å². The number of thiophene rings is 1. The van der Waals surface area contributed by atoms with E-state index in [1.54, 1.807) is 13.8 Å². The minimum Gasteiger partial charge on any atom is -0.450 e. The van der Waals surface area contributed by atoms with Gasteiger partial charge >= 0.3 is 6.09 Å². The van der Waals surface area contributed by atoms with Gasteiger partial charge in [-0.15, -0.1) is 11.3 Å². The Kier molecular flexibility index (Phi) is 4.84. The van der Waals surface area contributed by atoms with E-state index in [-0.39, 0.29) is 12.3 Å². The number of fused-ring (bicyclic) bond motifs is 1. The lowest BCUT2D eigenvalue weighted by molar-refractivity contribution is 0.0925. The number of rotatable bonds is 4. The van der Waals surface area contributed by atoms with Gasteiger partial charge in [0.25, 0.3) is 11.8 Å². The van der Waals surface area contributed by atoms with Crippen molar-refractivity contribution < 1.29 is 23.6 Å². The number of aryl methyl sites for hydroxylation is 2. The van der Waals surface area contributed by atoms with E-state index in [1.807, 2.05) is 0 Å². The molecule has 1 aliphatic carbocycles. The summed E-state index contributed by atoms with van der Waals surface area (Å²) in [5.74, 6) is -0.537. The van der Waals surface area contributed by atoms with Crippen molar-refractivity contribution in [2.75, 3.05) is 11.9 Å². The number of alkyl carbamates (subject to hydrolysis) is 1. The number of carbonyl (C=O) groups is 3. The third-order valence-electron chi connectivity index (χ3n) is 3.73. The van der Waals surface area contributed by atoms with E-state index >= 15 is 0 Å². The number of hydrogen-bond donors (Lipinski definition) is 2. The van der Waals surface area contributed by atoms with Crippen molar-refractivity contribution in [1.82, 2.24) is 10.5 Å². The topological polar surface area (TPSA) is 111 Å². The van der Waals surface area contributed by atoms with Gasteiger partial charge in [0.15, 0.2) is 5.69 Å². The average Bonchev–Trinajstić information content (AvgIpc) is 3.22. The number of amides is 3. The molecule has 9 heteroatoms. The molecule has 1 aliphatic rings. The first-order valence-electron chi connectivity index (χ1n) is 7.87. The third-order valence-corrected chi connectivity index (χ3v) is 4.93. The van der Waals surface area contributed by atoms with Gasteiger partial charge in [-0.05, 0) is 38.7 Å². The molecule has 0 atom stereocenters. The zero-order chi connectivity index (χ0) is 18.0. The number of ether oxygens (including phenoxy) is 1. The minimum atomic E-state index is -0.810. The molecule has 0 spiro atoms. The molecule has 3 amide bonds.